The number of hydrogen-bond donors (Lipinski definition) is 0. The Morgan fingerprint density at radius 3 is 2.74 bits per heavy atom. The maximum absolute atomic E-state index is 13.8. The highest BCUT2D eigenvalue weighted by atomic mass is 19.1. The van der Waals surface area contributed by atoms with Gasteiger partial charge in [-0.1, -0.05) is 50.2 Å². The fraction of sp³-hybridized carbons (Fsp3) is 0.429. The summed E-state index contributed by atoms with van der Waals surface area (Å²) < 4.78 is 13.8. The van der Waals surface area contributed by atoms with Crippen molar-refractivity contribution < 1.29 is 4.39 Å². The average Bonchev–Trinajstić information content (AvgIpc) is 2.55. The van der Waals surface area contributed by atoms with Gasteiger partial charge in [0.1, 0.15) is 5.82 Å². The molecule has 2 aliphatic rings. The van der Waals surface area contributed by atoms with Crippen LogP contribution in [0.2, 0.25) is 0 Å². The second-order valence-electron chi connectivity index (χ2n) is 7.49. The minimum atomic E-state index is -0.0951. The van der Waals surface area contributed by atoms with Gasteiger partial charge in [0.25, 0.3) is 0 Å². The summed E-state index contributed by atoms with van der Waals surface area (Å²) in [4.78, 5) is 2.63. The molecule has 1 nitrogen and oxygen atoms in total. The molecule has 0 N–H and O–H groups in total. The van der Waals surface area contributed by atoms with Gasteiger partial charge >= 0.3 is 0 Å². The molecule has 0 radical (unpaired) electrons. The fourth-order valence-corrected chi connectivity index (χ4v) is 4.69. The summed E-state index contributed by atoms with van der Waals surface area (Å²) in [5, 5.41) is 0. The maximum atomic E-state index is 13.8. The molecule has 2 heteroatoms. The van der Waals surface area contributed by atoms with Crippen LogP contribution < -0.4 is 0 Å². The molecule has 1 aliphatic heterocycles. The molecular formula is C21H24FN. The van der Waals surface area contributed by atoms with Gasteiger partial charge < -0.3 is 0 Å². The van der Waals surface area contributed by atoms with Crippen molar-refractivity contribution in [2.75, 3.05) is 6.54 Å². The van der Waals surface area contributed by atoms with Crippen LogP contribution in [0.25, 0.3) is 0 Å². The normalized spacial score (nSPS) is 30.0. The zero-order valence-electron chi connectivity index (χ0n) is 13.9. The molecule has 1 fully saturated rings. The van der Waals surface area contributed by atoms with Crippen LogP contribution in [0.1, 0.15) is 37.0 Å². The first kappa shape index (κ1) is 14.9. The number of fused-ring (bicyclic) bond motifs is 4. The van der Waals surface area contributed by atoms with E-state index < -0.39 is 0 Å². The molecule has 0 spiro atoms. The molecular weight excluding hydrogens is 285 g/mol. The largest absolute Gasteiger partial charge is 0.295 e. The van der Waals surface area contributed by atoms with Crippen LogP contribution in [0.3, 0.4) is 0 Å². The van der Waals surface area contributed by atoms with Crippen molar-refractivity contribution in [1.82, 2.24) is 4.90 Å². The number of nitrogens with zero attached hydrogens (tertiary/aromatic N) is 1. The van der Waals surface area contributed by atoms with E-state index in [1.54, 1.807) is 12.1 Å². The minimum Gasteiger partial charge on any atom is -0.295 e. The topological polar surface area (TPSA) is 3.24 Å². The maximum Gasteiger partial charge on any atom is 0.123 e. The van der Waals surface area contributed by atoms with Crippen LogP contribution in [0.4, 0.5) is 4.39 Å². The standard InChI is InChI=1S/C21H24FN/c1-15-20-12-17-8-9-18(22)13-19(17)21(15,2)10-11-23(20)14-16-6-4-3-5-7-16/h3-9,13,15,20H,10-12,14H2,1-2H3/t15-,20+,21+/m1/s1. The molecule has 4 rings (SSSR count). The molecule has 2 bridgehead atoms. The second kappa shape index (κ2) is 5.45. The molecule has 2 aromatic rings. The van der Waals surface area contributed by atoms with Gasteiger partial charge in [-0.3, -0.25) is 4.90 Å². The summed E-state index contributed by atoms with van der Waals surface area (Å²) in [6.45, 7) is 6.80. The first-order valence-electron chi connectivity index (χ1n) is 8.65. The van der Waals surface area contributed by atoms with E-state index in [4.69, 9.17) is 0 Å². The molecule has 1 heterocycles. The summed E-state index contributed by atoms with van der Waals surface area (Å²) in [6, 6.07) is 16.7. The summed E-state index contributed by atoms with van der Waals surface area (Å²) in [5.74, 6) is 0.455. The van der Waals surface area contributed by atoms with Gasteiger partial charge in [-0.05, 0) is 59.5 Å². The van der Waals surface area contributed by atoms with Crippen molar-refractivity contribution in [3.63, 3.8) is 0 Å². The van der Waals surface area contributed by atoms with Gasteiger partial charge in [-0.15, -0.1) is 0 Å². The lowest BCUT2D eigenvalue weighted by Gasteiger charge is -2.54. The van der Waals surface area contributed by atoms with Crippen LogP contribution in [-0.4, -0.2) is 17.5 Å². The number of hydrogen-bond acceptors (Lipinski definition) is 1. The average molecular weight is 309 g/mol. The third kappa shape index (κ3) is 2.40. The molecule has 120 valence electrons. The molecule has 0 aromatic heterocycles. The minimum absolute atomic E-state index is 0.0951. The number of halogens is 1. The van der Waals surface area contributed by atoms with Crippen molar-refractivity contribution in [1.29, 1.82) is 0 Å². The van der Waals surface area contributed by atoms with Crippen LogP contribution in [-0.2, 0) is 18.4 Å². The monoisotopic (exact) mass is 309 g/mol. The molecule has 0 saturated carbocycles. The molecule has 0 unspecified atom stereocenters. The summed E-state index contributed by atoms with van der Waals surface area (Å²) in [5.41, 5.74) is 4.08. The SMILES string of the molecule is C[C@@H]1[C@@H]2Cc3ccc(F)cc3[C@@]1(C)CCN2Cc1ccccc1. The highest BCUT2D eigenvalue weighted by Gasteiger charge is 2.48. The lowest BCUT2D eigenvalue weighted by molar-refractivity contribution is 0.0257. The third-order valence-electron chi connectivity index (χ3n) is 6.31. The van der Waals surface area contributed by atoms with E-state index in [1.165, 1.54) is 16.7 Å². The van der Waals surface area contributed by atoms with Crippen LogP contribution >= 0.6 is 0 Å². The Hall–Kier alpha value is -1.67. The highest BCUT2D eigenvalue weighted by Crippen LogP contribution is 2.48. The third-order valence-corrected chi connectivity index (χ3v) is 6.31. The molecule has 1 saturated heterocycles. The lowest BCUT2D eigenvalue weighted by Crippen LogP contribution is -2.57. The smallest absolute Gasteiger partial charge is 0.123 e. The number of piperidine rings is 1. The van der Waals surface area contributed by atoms with Gasteiger partial charge in [0.05, 0.1) is 0 Å². The molecule has 23 heavy (non-hydrogen) atoms. The Bertz CT molecular complexity index is 711. The lowest BCUT2D eigenvalue weighted by atomic mass is 9.59. The molecule has 0 amide bonds. The Morgan fingerprint density at radius 2 is 1.96 bits per heavy atom. The van der Waals surface area contributed by atoms with Gasteiger partial charge in [-0.2, -0.15) is 0 Å². The Morgan fingerprint density at radius 1 is 1.17 bits per heavy atom. The zero-order chi connectivity index (χ0) is 16.0. The first-order valence-corrected chi connectivity index (χ1v) is 8.65. The molecule has 2 aromatic carbocycles. The van der Waals surface area contributed by atoms with Crippen LogP contribution in [0, 0.1) is 11.7 Å². The Kier molecular flexibility index (Phi) is 3.53. The quantitative estimate of drug-likeness (QED) is 0.786. The van der Waals surface area contributed by atoms with Crippen molar-refractivity contribution in [2.45, 2.75) is 44.7 Å². The summed E-state index contributed by atoms with van der Waals surface area (Å²) in [6.07, 6.45) is 2.15. The number of rotatable bonds is 2. The Labute approximate surface area is 138 Å². The first-order chi connectivity index (χ1) is 11.1. The Balaban J connectivity index is 1.67. The molecule has 1 aliphatic carbocycles. The van der Waals surface area contributed by atoms with E-state index in [0.717, 1.165) is 25.9 Å². The van der Waals surface area contributed by atoms with Crippen molar-refractivity contribution in [3.8, 4) is 0 Å². The van der Waals surface area contributed by atoms with Crippen molar-refractivity contribution >= 4 is 0 Å². The fourth-order valence-electron chi connectivity index (χ4n) is 4.69. The highest BCUT2D eigenvalue weighted by molar-refractivity contribution is 5.40. The van der Waals surface area contributed by atoms with Crippen molar-refractivity contribution in [2.24, 2.45) is 5.92 Å². The number of benzene rings is 2. The van der Waals surface area contributed by atoms with E-state index in [-0.39, 0.29) is 11.2 Å². The van der Waals surface area contributed by atoms with E-state index in [0.29, 0.717) is 12.0 Å². The summed E-state index contributed by atoms with van der Waals surface area (Å²) in [7, 11) is 0. The summed E-state index contributed by atoms with van der Waals surface area (Å²) >= 11 is 0. The van der Waals surface area contributed by atoms with E-state index in [9.17, 15) is 4.39 Å². The predicted molar refractivity (Wildman–Crippen MR) is 91.9 cm³/mol. The molecule has 3 atom stereocenters. The van der Waals surface area contributed by atoms with Gasteiger partial charge in [0.2, 0.25) is 0 Å². The number of likely N-dealkylation sites (tertiary alicyclic amines) is 1. The van der Waals surface area contributed by atoms with Crippen molar-refractivity contribution in [3.05, 3.63) is 71.0 Å². The van der Waals surface area contributed by atoms with Crippen LogP contribution in [0.15, 0.2) is 48.5 Å². The van der Waals surface area contributed by atoms with E-state index in [2.05, 4.69) is 49.1 Å². The van der Waals surface area contributed by atoms with Gasteiger partial charge in [0.15, 0.2) is 0 Å². The van der Waals surface area contributed by atoms with E-state index in [1.807, 2.05) is 6.07 Å². The van der Waals surface area contributed by atoms with Gasteiger partial charge in [-0.25, -0.2) is 4.39 Å². The van der Waals surface area contributed by atoms with E-state index >= 15 is 0 Å². The second-order valence-corrected chi connectivity index (χ2v) is 7.49. The predicted octanol–water partition coefficient (Wildman–Crippen LogP) is 4.55. The van der Waals surface area contributed by atoms with Gasteiger partial charge in [0, 0.05) is 12.6 Å². The van der Waals surface area contributed by atoms with Crippen LogP contribution in [0.5, 0.6) is 0 Å². The zero-order valence-corrected chi connectivity index (χ0v) is 13.9.